The summed E-state index contributed by atoms with van der Waals surface area (Å²) in [7, 11) is 4.38. The van der Waals surface area contributed by atoms with Crippen molar-refractivity contribution < 1.29 is 67.1 Å². The summed E-state index contributed by atoms with van der Waals surface area (Å²) in [5.74, 6) is -5.84. The molecular formula is C51H77N5O14. The van der Waals surface area contributed by atoms with E-state index in [0.717, 1.165) is 5.56 Å². The van der Waals surface area contributed by atoms with Crippen LogP contribution in [0.15, 0.2) is 54.6 Å². The highest BCUT2D eigenvalue weighted by Crippen LogP contribution is 2.20. The van der Waals surface area contributed by atoms with Gasteiger partial charge in [-0.15, -0.1) is 0 Å². The van der Waals surface area contributed by atoms with Gasteiger partial charge in [0.25, 0.3) is 5.91 Å². The van der Waals surface area contributed by atoms with Gasteiger partial charge in [-0.25, -0.2) is 14.4 Å². The third-order valence-corrected chi connectivity index (χ3v) is 11.3. The summed E-state index contributed by atoms with van der Waals surface area (Å²) in [4.78, 5) is 110. The van der Waals surface area contributed by atoms with Crippen LogP contribution < -0.4 is 20.7 Å². The first-order valence-electron chi connectivity index (χ1n) is 23.6. The summed E-state index contributed by atoms with van der Waals surface area (Å²) in [6, 6.07) is 9.90. The molecule has 2 rings (SSSR count). The molecule has 390 valence electrons. The molecule has 5 amide bonds. The van der Waals surface area contributed by atoms with Crippen LogP contribution in [0.5, 0.6) is 5.75 Å². The van der Waals surface area contributed by atoms with E-state index in [9.17, 15) is 43.5 Å². The second kappa shape index (κ2) is 27.8. The van der Waals surface area contributed by atoms with Gasteiger partial charge < -0.3 is 54.5 Å². The molecule has 2 aromatic rings. The van der Waals surface area contributed by atoms with Gasteiger partial charge in [0.2, 0.25) is 17.7 Å². The van der Waals surface area contributed by atoms with Crippen molar-refractivity contribution in [3.63, 3.8) is 0 Å². The first-order chi connectivity index (χ1) is 32.6. The average Bonchev–Trinajstić information content (AvgIpc) is 3.28. The van der Waals surface area contributed by atoms with E-state index in [1.165, 1.54) is 51.8 Å². The Kier molecular flexibility index (Phi) is 23.8. The topological polar surface area (TPSA) is 246 Å². The first-order valence-corrected chi connectivity index (χ1v) is 23.6. The number of alkyl carbamates (subject to hydrolysis) is 1. The first kappa shape index (κ1) is 59.9. The van der Waals surface area contributed by atoms with Crippen LogP contribution in [0.1, 0.15) is 107 Å². The Morgan fingerprint density at radius 3 is 1.83 bits per heavy atom. The Morgan fingerprint density at radius 1 is 0.714 bits per heavy atom. The van der Waals surface area contributed by atoms with E-state index in [0.29, 0.717) is 11.3 Å². The summed E-state index contributed by atoms with van der Waals surface area (Å²) < 4.78 is 27.5. The molecule has 1 unspecified atom stereocenters. The Morgan fingerprint density at radius 2 is 1.31 bits per heavy atom. The number of carbonyl (C=O) groups excluding carboxylic acids is 8. The lowest BCUT2D eigenvalue weighted by molar-refractivity contribution is -0.162. The van der Waals surface area contributed by atoms with Crippen molar-refractivity contribution in [3.05, 3.63) is 65.7 Å². The molecule has 0 aliphatic rings. The van der Waals surface area contributed by atoms with E-state index in [2.05, 4.69) is 16.0 Å². The Hall–Kier alpha value is -6.24. The smallest absolute Gasteiger partial charge is 0.408 e. The van der Waals surface area contributed by atoms with Crippen LogP contribution in [0.4, 0.5) is 4.79 Å². The highest BCUT2D eigenvalue weighted by atomic mass is 16.6. The molecule has 0 saturated carbocycles. The molecule has 2 aromatic carbocycles. The largest absolute Gasteiger partial charge is 0.497 e. The molecule has 19 heteroatoms. The van der Waals surface area contributed by atoms with Crippen molar-refractivity contribution in [1.29, 1.82) is 0 Å². The van der Waals surface area contributed by atoms with Gasteiger partial charge in [-0.05, 0) is 82.1 Å². The number of esters is 3. The number of aliphatic hydroxyl groups excluding tert-OH is 1. The molecule has 0 spiro atoms. The van der Waals surface area contributed by atoms with Crippen molar-refractivity contribution in [2.24, 2.45) is 17.8 Å². The molecule has 19 nitrogen and oxygen atoms in total. The molecule has 4 N–H and O–H groups in total. The molecule has 0 bridgehead atoms. The molecule has 0 aromatic heterocycles. The van der Waals surface area contributed by atoms with Crippen molar-refractivity contribution >= 4 is 47.6 Å². The highest BCUT2D eigenvalue weighted by Gasteiger charge is 2.39. The predicted molar refractivity (Wildman–Crippen MR) is 260 cm³/mol. The summed E-state index contributed by atoms with van der Waals surface area (Å²) in [5, 5.41) is 19.3. The fraction of sp³-hybridized carbons (Fsp3) is 0.608. The number of hydrogen-bond donors (Lipinski definition) is 4. The minimum atomic E-state index is -1.61. The lowest BCUT2D eigenvalue weighted by Gasteiger charge is -2.33. The number of rotatable bonds is 25. The number of carbonyl (C=O) groups is 8. The van der Waals surface area contributed by atoms with Crippen LogP contribution in [-0.4, -0.2) is 138 Å². The van der Waals surface area contributed by atoms with E-state index in [4.69, 9.17) is 23.7 Å². The maximum Gasteiger partial charge on any atom is 0.408 e. The molecule has 0 aliphatic carbocycles. The van der Waals surface area contributed by atoms with Gasteiger partial charge >= 0.3 is 24.0 Å². The number of aliphatic hydroxyl groups is 1. The molecule has 70 heavy (non-hydrogen) atoms. The summed E-state index contributed by atoms with van der Waals surface area (Å²) in [6.45, 7) is 19.3. The molecule has 0 aliphatic heterocycles. The summed E-state index contributed by atoms with van der Waals surface area (Å²) in [5.41, 5.74) is 0.460. The predicted octanol–water partition coefficient (Wildman–Crippen LogP) is 4.49. The monoisotopic (exact) mass is 984 g/mol. The number of ether oxygens (including phenoxy) is 5. The number of hydrogen-bond acceptors (Lipinski definition) is 14. The molecule has 0 saturated heterocycles. The van der Waals surface area contributed by atoms with Crippen LogP contribution in [0.25, 0.3) is 0 Å². The van der Waals surface area contributed by atoms with Crippen LogP contribution in [0, 0.1) is 17.8 Å². The minimum absolute atomic E-state index is 0.0104. The van der Waals surface area contributed by atoms with Gasteiger partial charge in [-0.1, -0.05) is 84.0 Å². The Bertz CT molecular complexity index is 2060. The molecular weight excluding hydrogens is 907 g/mol. The fourth-order valence-electron chi connectivity index (χ4n) is 7.07. The second-order valence-electron chi connectivity index (χ2n) is 19.6. The Balaban J connectivity index is 2.28. The number of benzene rings is 2. The lowest BCUT2D eigenvalue weighted by Crippen LogP contribution is -2.59. The van der Waals surface area contributed by atoms with Crippen LogP contribution in [0.2, 0.25) is 0 Å². The Labute approximate surface area is 413 Å². The minimum Gasteiger partial charge on any atom is -0.497 e. The van der Waals surface area contributed by atoms with E-state index >= 15 is 0 Å². The van der Waals surface area contributed by atoms with E-state index in [1.807, 2.05) is 32.0 Å². The molecule has 0 radical (unpaired) electrons. The van der Waals surface area contributed by atoms with Gasteiger partial charge in [-0.3, -0.25) is 24.0 Å². The summed E-state index contributed by atoms with van der Waals surface area (Å²) >= 11 is 0. The van der Waals surface area contributed by atoms with Gasteiger partial charge in [0, 0.05) is 27.4 Å². The van der Waals surface area contributed by atoms with Crippen molar-refractivity contribution in [3.8, 4) is 5.75 Å². The third-order valence-electron chi connectivity index (χ3n) is 11.3. The van der Waals surface area contributed by atoms with Crippen molar-refractivity contribution in [1.82, 2.24) is 25.8 Å². The quantitative estimate of drug-likeness (QED) is 0.0792. The van der Waals surface area contributed by atoms with Crippen LogP contribution >= 0.6 is 0 Å². The number of likely N-dealkylation sites (N-methyl/N-ethyl adjacent to an activating group) is 2. The SMILES string of the molecule is COc1ccc(CC(C(=O)O[C@H](C)[C@H](NC(=O)OC(C)(C)C)C(=O)N[C@H](C(C)C)[C@@H](O)CC(=O)O[C@H](C(=O)N[C@@H](CC(C)C)C(=O)N(C)[C@@H](C)C(=O)OCc2ccccc2)C(C)C)N(C)C(C)=O)cc1. The van der Waals surface area contributed by atoms with E-state index in [1.54, 1.807) is 84.9 Å². The third kappa shape index (κ3) is 19.6. The van der Waals surface area contributed by atoms with Gasteiger partial charge in [0.1, 0.15) is 48.2 Å². The number of nitrogens with one attached hydrogen (secondary N) is 3. The molecule has 0 fully saturated rings. The highest BCUT2D eigenvalue weighted by molar-refractivity contribution is 5.92. The molecule has 0 heterocycles. The van der Waals surface area contributed by atoms with Crippen molar-refractivity contribution in [2.45, 2.75) is 163 Å². The zero-order chi connectivity index (χ0) is 53.2. The van der Waals surface area contributed by atoms with E-state index in [-0.39, 0.29) is 25.4 Å². The lowest BCUT2D eigenvalue weighted by atomic mass is 9.95. The average molecular weight is 984 g/mol. The zero-order valence-corrected chi connectivity index (χ0v) is 43.5. The van der Waals surface area contributed by atoms with Crippen LogP contribution in [0.3, 0.4) is 0 Å². The maximum absolute atomic E-state index is 14.2. The van der Waals surface area contributed by atoms with Gasteiger partial charge in [-0.2, -0.15) is 0 Å². The zero-order valence-electron chi connectivity index (χ0n) is 43.5. The number of amides is 5. The molecule has 8 atom stereocenters. The van der Waals surface area contributed by atoms with Crippen LogP contribution in [-0.2, 0) is 65.5 Å². The summed E-state index contributed by atoms with van der Waals surface area (Å²) in [6.07, 6.45) is -5.87. The van der Waals surface area contributed by atoms with Gasteiger partial charge in [0.15, 0.2) is 6.10 Å². The number of methoxy groups -OCH3 is 1. The fourth-order valence-corrected chi connectivity index (χ4v) is 7.07. The van der Waals surface area contributed by atoms with E-state index < -0.39 is 120 Å². The maximum atomic E-state index is 14.2. The standard InChI is InChI=1S/C51H77N5O14/c1-29(2)25-38(47(62)55(13)32(7)48(63)67-28-36-19-17-16-18-20-36)52-46(61)44(31(5)6)69-41(59)27-40(58)42(30(3)4)53-45(60)43(54-50(65)70-51(10,11)12)33(8)68-49(64)39(56(14)34(9)57)26-35-21-23-37(66-15)24-22-35/h16-24,29-33,38-40,42-44,58H,25-28H2,1-15H3,(H,52,61)(H,53,60)(H,54,65)/t32-,33+,38-,39?,40-,42+,43-,44-/m0/s1. The number of nitrogens with zero attached hydrogens (tertiary/aromatic N) is 2. The van der Waals surface area contributed by atoms with Gasteiger partial charge in [0.05, 0.1) is 25.7 Å². The van der Waals surface area contributed by atoms with Crippen molar-refractivity contribution in [2.75, 3.05) is 21.2 Å². The normalized spacial score (nSPS) is 14.9. The second-order valence-corrected chi connectivity index (χ2v) is 19.6.